The van der Waals surface area contributed by atoms with Gasteiger partial charge in [0.05, 0.1) is 21.9 Å². The molecule has 4 nitrogen and oxygen atoms in total. The number of H-pyrrole nitrogens is 1. The van der Waals surface area contributed by atoms with Crippen LogP contribution in [0.15, 0.2) is 47.3 Å². The monoisotopic (exact) mass is 249 g/mol. The molecule has 0 aliphatic heterocycles. The average molecular weight is 249 g/mol. The van der Waals surface area contributed by atoms with E-state index in [1.165, 1.54) is 0 Å². The molecule has 0 spiro atoms. The fraction of sp³-hybridized carbons (Fsp3) is 0.0667. The number of nitrogens with one attached hydrogen (secondary N) is 1. The molecule has 0 fully saturated rings. The van der Waals surface area contributed by atoms with E-state index < -0.39 is 0 Å². The number of rotatable bonds is 0. The van der Waals surface area contributed by atoms with Gasteiger partial charge in [-0.1, -0.05) is 18.2 Å². The van der Waals surface area contributed by atoms with Gasteiger partial charge in [0.25, 0.3) is 5.56 Å². The van der Waals surface area contributed by atoms with E-state index in [4.69, 9.17) is 0 Å². The zero-order chi connectivity index (χ0) is 13.0. The Hall–Kier alpha value is -2.62. The third kappa shape index (κ3) is 1.34. The summed E-state index contributed by atoms with van der Waals surface area (Å²) in [4.78, 5) is 20.3. The number of aryl methyl sites for hydroxylation is 1. The second kappa shape index (κ2) is 3.45. The van der Waals surface area contributed by atoms with Crippen molar-refractivity contribution in [1.29, 1.82) is 0 Å². The summed E-state index contributed by atoms with van der Waals surface area (Å²) in [6.45, 7) is 2.00. The third-order valence-corrected chi connectivity index (χ3v) is 3.42. The normalized spacial score (nSPS) is 11.6. The van der Waals surface area contributed by atoms with Crippen LogP contribution in [0.1, 0.15) is 5.56 Å². The second-order valence-corrected chi connectivity index (χ2v) is 4.74. The number of nitrogens with zero attached hydrogens (tertiary/aromatic N) is 2. The van der Waals surface area contributed by atoms with E-state index in [-0.39, 0.29) is 5.56 Å². The highest BCUT2D eigenvalue weighted by molar-refractivity contribution is 5.85. The molecule has 0 radical (unpaired) electrons. The minimum atomic E-state index is -0.0301. The molecular weight excluding hydrogens is 238 g/mol. The van der Waals surface area contributed by atoms with E-state index in [1.54, 1.807) is 4.40 Å². The summed E-state index contributed by atoms with van der Waals surface area (Å²) in [5.74, 6) is 0.587. The van der Waals surface area contributed by atoms with Gasteiger partial charge in [-0.3, -0.25) is 4.79 Å². The minimum Gasteiger partial charge on any atom is -0.324 e. The highest BCUT2D eigenvalue weighted by atomic mass is 16.1. The SMILES string of the molecule is Cc1ccc2c(=O)n3c(nc4ccccc43)[nH]c2c1. The molecule has 0 aliphatic rings. The van der Waals surface area contributed by atoms with Crippen LogP contribution in [-0.4, -0.2) is 14.4 Å². The summed E-state index contributed by atoms with van der Waals surface area (Å²) in [5, 5.41) is 0.682. The Morgan fingerprint density at radius 2 is 2.00 bits per heavy atom. The van der Waals surface area contributed by atoms with Crippen LogP contribution in [0.25, 0.3) is 27.7 Å². The number of fused-ring (bicyclic) bond motifs is 4. The van der Waals surface area contributed by atoms with E-state index in [9.17, 15) is 4.79 Å². The second-order valence-electron chi connectivity index (χ2n) is 4.74. The molecule has 4 heteroatoms. The van der Waals surface area contributed by atoms with Crippen molar-refractivity contribution in [3.63, 3.8) is 0 Å². The Morgan fingerprint density at radius 1 is 1.16 bits per heavy atom. The van der Waals surface area contributed by atoms with Crippen molar-refractivity contribution in [2.45, 2.75) is 6.92 Å². The Labute approximate surface area is 108 Å². The Balaban J connectivity index is 2.34. The summed E-state index contributed by atoms with van der Waals surface area (Å²) in [6, 6.07) is 13.4. The third-order valence-electron chi connectivity index (χ3n) is 3.42. The lowest BCUT2D eigenvalue weighted by atomic mass is 10.2. The molecule has 4 aromatic rings. The lowest BCUT2D eigenvalue weighted by Crippen LogP contribution is -2.14. The van der Waals surface area contributed by atoms with Gasteiger partial charge < -0.3 is 4.98 Å². The van der Waals surface area contributed by atoms with Gasteiger partial charge in [-0.05, 0) is 36.8 Å². The standard InChI is InChI=1S/C15H11N3O/c1-9-6-7-10-12(8-9)17-15-16-11-4-2-3-5-13(11)18(15)14(10)19/h2-8H,1H3,(H,16,17). The predicted octanol–water partition coefficient (Wildman–Crippen LogP) is 2.64. The van der Waals surface area contributed by atoms with E-state index in [0.29, 0.717) is 11.2 Å². The summed E-state index contributed by atoms with van der Waals surface area (Å²) < 4.78 is 1.63. The Kier molecular flexibility index (Phi) is 1.87. The molecule has 2 heterocycles. The molecule has 2 aromatic heterocycles. The summed E-state index contributed by atoms with van der Waals surface area (Å²) in [5.41, 5.74) is 3.57. The van der Waals surface area contributed by atoms with Crippen molar-refractivity contribution >= 4 is 27.7 Å². The van der Waals surface area contributed by atoms with Crippen molar-refractivity contribution in [3.8, 4) is 0 Å². The molecule has 1 N–H and O–H groups in total. The zero-order valence-electron chi connectivity index (χ0n) is 10.3. The lowest BCUT2D eigenvalue weighted by molar-refractivity contribution is 1.12. The molecule has 92 valence electrons. The molecule has 4 rings (SSSR count). The van der Waals surface area contributed by atoms with Crippen molar-refractivity contribution < 1.29 is 0 Å². The number of para-hydroxylation sites is 2. The highest BCUT2D eigenvalue weighted by Crippen LogP contribution is 2.16. The molecule has 2 aromatic carbocycles. The maximum absolute atomic E-state index is 12.6. The van der Waals surface area contributed by atoms with Crippen molar-refractivity contribution in [2.75, 3.05) is 0 Å². The van der Waals surface area contributed by atoms with E-state index in [2.05, 4.69) is 9.97 Å². The molecule has 0 atom stereocenters. The quantitative estimate of drug-likeness (QED) is 0.521. The van der Waals surface area contributed by atoms with Crippen LogP contribution in [0.2, 0.25) is 0 Å². The first-order chi connectivity index (χ1) is 9.24. The fourth-order valence-electron chi connectivity index (χ4n) is 2.50. The van der Waals surface area contributed by atoms with Crippen molar-refractivity contribution in [3.05, 3.63) is 58.4 Å². The molecular formula is C15H11N3O. The average Bonchev–Trinajstić information content (AvgIpc) is 2.76. The number of benzene rings is 2. The first-order valence-corrected chi connectivity index (χ1v) is 6.14. The fourth-order valence-corrected chi connectivity index (χ4v) is 2.50. The summed E-state index contributed by atoms with van der Waals surface area (Å²) in [7, 11) is 0. The van der Waals surface area contributed by atoms with Gasteiger partial charge in [-0.15, -0.1) is 0 Å². The van der Waals surface area contributed by atoms with E-state index in [0.717, 1.165) is 22.1 Å². The first kappa shape index (κ1) is 10.3. The highest BCUT2D eigenvalue weighted by Gasteiger charge is 2.10. The molecule has 19 heavy (non-hydrogen) atoms. The summed E-state index contributed by atoms with van der Waals surface area (Å²) in [6.07, 6.45) is 0. The number of hydrogen-bond donors (Lipinski definition) is 1. The predicted molar refractivity (Wildman–Crippen MR) is 75.6 cm³/mol. The number of imidazole rings is 1. The Morgan fingerprint density at radius 3 is 2.89 bits per heavy atom. The van der Waals surface area contributed by atoms with Gasteiger partial charge in [-0.2, -0.15) is 0 Å². The molecule has 0 bridgehead atoms. The molecule has 0 saturated heterocycles. The van der Waals surface area contributed by atoms with Gasteiger partial charge in [0.1, 0.15) is 0 Å². The van der Waals surface area contributed by atoms with Crippen LogP contribution >= 0.6 is 0 Å². The van der Waals surface area contributed by atoms with Gasteiger partial charge in [0.15, 0.2) is 0 Å². The van der Waals surface area contributed by atoms with Crippen LogP contribution in [0, 0.1) is 6.92 Å². The van der Waals surface area contributed by atoms with Gasteiger partial charge in [-0.25, -0.2) is 9.38 Å². The first-order valence-electron chi connectivity index (χ1n) is 6.14. The molecule has 0 aliphatic carbocycles. The number of aromatic nitrogens is 3. The van der Waals surface area contributed by atoms with E-state index in [1.807, 2.05) is 49.4 Å². The maximum Gasteiger partial charge on any atom is 0.267 e. The smallest absolute Gasteiger partial charge is 0.267 e. The Bertz CT molecular complexity index is 995. The number of aromatic amines is 1. The molecule has 0 amide bonds. The lowest BCUT2D eigenvalue weighted by Gasteiger charge is -2.01. The minimum absolute atomic E-state index is 0.0301. The maximum atomic E-state index is 12.6. The van der Waals surface area contributed by atoms with Gasteiger partial charge >= 0.3 is 0 Å². The molecule has 0 unspecified atom stereocenters. The molecule has 0 saturated carbocycles. The van der Waals surface area contributed by atoms with Crippen LogP contribution in [0.3, 0.4) is 0 Å². The van der Waals surface area contributed by atoms with Crippen LogP contribution < -0.4 is 5.56 Å². The van der Waals surface area contributed by atoms with Crippen LogP contribution in [-0.2, 0) is 0 Å². The van der Waals surface area contributed by atoms with Crippen LogP contribution in [0.5, 0.6) is 0 Å². The topological polar surface area (TPSA) is 50.2 Å². The van der Waals surface area contributed by atoms with Crippen LogP contribution in [0.4, 0.5) is 0 Å². The zero-order valence-corrected chi connectivity index (χ0v) is 10.3. The largest absolute Gasteiger partial charge is 0.324 e. The summed E-state index contributed by atoms with van der Waals surface area (Å²) >= 11 is 0. The number of hydrogen-bond acceptors (Lipinski definition) is 2. The van der Waals surface area contributed by atoms with E-state index >= 15 is 0 Å². The van der Waals surface area contributed by atoms with Gasteiger partial charge in [0.2, 0.25) is 5.78 Å². The van der Waals surface area contributed by atoms with Crippen molar-refractivity contribution in [1.82, 2.24) is 14.4 Å². The van der Waals surface area contributed by atoms with Crippen molar-refractivity contribution in [2.24, 2.45) is 0 Å². The van der Waals surface area contributed by atoms with Gasteiger partial charge in [0, 0.05) is 0 Å².